The third-order valence-corrected chi connectivity index (χ3v) is 5.17. The first kappa shape index (κ1) is 33.9. The van der Waals surface area contributed by atoms with E-state index in [0.29, 0.717) is 34.9 Å². The fraction of sp³-hybridized carbons (Fsp3) is 0.250. The van der Waals surface area contributed by atoms with Crippen LogP contribution in [0.2, 0.25) is 0 Å². The van der Waals surface area contributed by atoms with Crippen LogP contribution in [0.15, 0.2) is 66.9 Å². The molecule has 0 saturated heterocycles. The molecular weight excluding hydrogens is 573 g/mol. The van der Waals surface area contributed by atoms with Gasteiger partial charge >= 0.3 is 12.1 Å². The maximum absolute atomic E-state index is 13.3. The molecule has 0 bridgehead atoms. The fourth-order valence-electron chi connectivity index (χ4n) is 3.29. The lowest BCUT2D eigenvalue weighted by Crippen LogP contribution is -2.45. The summed E-state index contributed by atoms with van der Waals surface area (Å²) < 4.78 is 43.3. The van der Waals surface area contributed by atoms with Crippen molar-refractivity contribution in [3.63, 3.8) is 0 Å². The van der Waals surface area contributed by atoms with Gasteiger partial charge in [0.1, 0.15) is 17.6 Å². The van der Waals surface area contributed by atoms with E-state index in [2.05, 4.69) is 21.2 Å². The number of alkyl halides is 3. The largest absolute Gasteiger partial charge is 0.490 e. The number of aliphatic carboxylic acids is 1. The highest BCUT2D eigenvalue weighted by Crippen LogP contribution is 2.33. The van der Waals surface area contributed by atoms with Crippen molar-refractivity contribution >= 4 is 29.3 Å². The number of hydrogen-bond donors (Lipinski definition) is 6. The van der Waals surface area contributed by atoms with Gasteiger partial charge < -0.3 is 25.6 Å². The highest BCUT2D eigenvalue weighted by molar-refractivity contribution is 5.96. The zero-order valence-electron chi connectivity index (χ0n) is 23.4. The normalized spacial score (nSPS) is 11.3. The molecule has 2 aromatic carbocycles. The number of carbonyl (C=O) groups excluding carboxylic acids is 2. The van der Waals surface area contributed by atoms with Gasteiger partial charge in [0.05, 0.1) is 12.7 Å². The van der Waals surface area contributed by atoms with Crippen molar-refractivity contribution in [3.8, 4) is 11.5 Å². The summed E-state index contributed by atoms with van der Waals surface area (Å²) in [5.74, 6) is -2.83. The van der Waals surface area contributed by atoms with Crippen LogP contribution in [0.5, 0.6) is 11.5 Å². The molecule has 1 aromatic heterocycles. The van der Waals surface area contributed by atoms with Crippen molar-refractivity contribution in [2.24, 2.45) is 5.73 Å². The van der Waals surface area contributed by atoms with Gasteiger partial charge in [0.15, 0.2) is 11.5 Å². The molecule has 0 aliphatic carbocycles. The van der Waals surface area contributed by atoms with Crippen molar-refractivity contribution in [2.45, 2.75) is 39.1 Å². The Morgan fingerprint density at radius 3 is 2.19 bits per heavy atom. The predicted octanol–water partition coefficient (Wildman–Crippen LogP) is 3.80. The molecule has 0 aliphatic heterocycles. The standard InChI is InChI=1S/C26H30N6O4.C2HF3O2/c1-4-35-22-15-18(10-13-21(22)36-16(2)3)23(30-19-11-8-17(9-12-19)24(27)28)26(34)32-31-25(33)20-7-5-6-14-29-20;3-2(4,5)1(6)7/h5-16,23,30H,4H2,1-3H3,(H3,27,28)(H,31,33)(H,32,34);(H,6,7). The second-order valence-corrected chi connectivity index (χ2v) is 8.84. The quantitative estimate of drug-likeness (QED) is 0.114. The average molecular weight is 605 g/mol. The molecule has 3 rings (SSSR count). The topological polar surface area (TPSA) is 189 Å². The Morgan fingerprint density at radius 1 is 1.02 bits per heavy atom. The number of rotatable bonds is 10. The third kappa shape index (κ3) is 10.9. The number of hydrogen-bond acceptors (Lipinski definition) is 8. The van der Waals surface area contributed by atoms with Crippen molar-refractivity contribution < 1.29 is 42.1 Å². The van der Waals surface area contributed by atoms with Crippen LogP contribution in [0, 0.1) is 5.41 Å². The number of amides is 2. The van der Waals surface area contributed by atoms with Crippen molar-refractivity contribution in [1.82, 2.24) is 15.8 Å². The summed E-state index contributed by atoms with van der Waals surface area (Å²) in [6.07, 6.45) is -3.66. The van der Waals surface area contributed by atoms with Crippen LogP contribution in [0.25, 0.3) is 0 Å². The maximum atomic E-state index is 13.3. The zero-order chi connectivity index (χ0) is 32.2. The molecule has 230 valence electrons. The van der Waals surface area contributed by atoms with Gasteiger partial charge in [-0.15, -0.1) is 0 Å². The summed E-state index contributed by atoms with van der Waals surface area (Å²) in [6.45, 7) is 6.10. The first-order chi connectivity index (χ1) is 20.2. The molecule has 0 radical (unpaired) electrons. The van der Waals surface area contributed by atoms with E-state index in [-0.39, 0.29) is 17.6 Å². The van der Waals surface area contributed by atoms with Gasteiger partial charge in [-0.1, -0.05) is 12.1 Å². The maximum Gasteiger partial charge on any atom is 0.490 e. The molecule has 1 heterocycles. The van der Waals surface area contributed by atoms with Gasteiger partial charge in [-0.2, -0.15) is 13.2 Å². The minimum Gasteiger partial charge on any atom is -0.490 e. The van der Waals surface area contributed by atoms with Gasteiger partial charge in [-0.25, -0.2) is 4.79 Å². The summed E-state index contributed by atoms with van der Waals surface area (Å²) in [5, 5.41) is 17.9. The highest BCUT2D eigenvalue weighted by Gasteiger charge is 2.38. The summed E-state index contributed by atoms with van der Waals surface area (Å²) in [7, 11) is 0. The number of nitrogens with two attached hydrogens (primary N) is 1. The van der Waals surface area contributed by atoms with E-state index in [4.69, 9.17) is 30.5 Å². The van der Waals surface area contributed by atoms with Gasteiger partial charge in [0.2, 0.25) is 0 Å². The second-order valence-electron chi connectivity index (χ2n) is 8.84. The van der Waals surface area contributed by atoms with Crippen molar-refractivity contribution in [2.75, 3.05) is 11.9 Å². The van der Waals surface area contributed by atoms with E-state index in [0.717, 1.165) is 0 Å². The Kier molecular flexibility index (Phi) is 12.3. The molecule has 0 saturated carbocycles. The molecular formula is C28H31F3N6O6. The van der Waals surface area contributed by atoms with Gasteiger partial charge in [0.25, 0.3) is 11.8 Å². The Hall–Kier alpha value is -5.34. The number of amidine groups is 1. The number of carboxylic acid groups (broad SMARTS) is 1. The number of aromatic nitrogens is 1. The van der Waals surface area contributed by atoms with Crippen LogP contribution in [0.1, 0.15) is 48.4 Å². The van der Waals surface area contributed by atoms with Crippen molar-refractivity contribution in [1.29, 1.82) is 5.41 Å². The summed E-state index contributed by atoms with van der Waals surface area (Å²) >= 11 is 0. The number of benzene rings is 2. The second kappa shape index (κ2) is 15.6. The van der Waals surface area contributed by atoms with E-state index < -0.39 is 30.0 Å². The number of pyridine rings is 1. The minimum atomic E-state index is -5.08. The van der Waals surface area contributed by atoms with Crippen LogP contribution >= 0.6 is 0 Å². The van der Waals surface area contributed by atoms with Gasteiger partial charge in [-0.05, 0) is 74.9 Å². The average Bonchev–Trinajstić information content (AvgIpc) is 2.96. The Balaban J connectivity index is 0.000000821. The van der Waals surface area contributed by atoms with Crippen LogP contribution in [0.3, 0.4) is 0 Å². The highest BCUT2D eigenvalue weighted by atomic mass is 19.4. The summed E-state index contributed by atoms with van der Waals surface area (Å²) in [6, 6.07) is 16.0. The number of carbonyl (C=O) groups is 3. The number of carboxylic acids is 1. The summed E-state index contributed by atoms with van der Waals surface area (Å²) in [4.78, 5) is 38.5. The number of nitrogen functional groups attached to an aromatic ring is 1. The van der Waals surface area contributed by atoms with E-state index in [1.54, 1.807) is 54.6 Å². The van der Waals surface area contributed by atoms with Gasteiger partial charge in [0, 0.05) is 17.4 Å². The Morgan fingerprint density at radius 2 is 1.67 bits per heavy atom. The molecule has 2 amide bonds. The number of anilines is 1. The number of hydrazine groups is 1. The lowest BCUT2D eigenvalue weighted by molar-refractivity contribution is -0.192. The van der Waals surface area contributed by atoms with Crippen LogP contribution < -0.4 is 31.4 Å². The molecule has 1 atom stereocenters. The molecule has 0 spiro atoms. The van der Waals surface area contributed by atoms with Crippen LogP contribution in [-0.2, 0) is 9.59 Å². The molecule has 43 heavy (non-hydrogen) atoms. The zero-order valence-corrected chi connectivity index (χ0v) is 23.4. The van der Waals surface area contributed by atoms with Gasteiger partial charge in [-0.3, -0.25) is 30.8 Å². The SMILES string of the molecule is CCOc1cc(C(Nc2ccc(C(=N)N)cc2)C(=O)NNC(=O)c2ccccn2)ccc1OC(C)C.O=C(O)C(F)(F)F. The number of nitrogens with one attached hydrogen (secondary N) is 4. The lowest BCUT2D eigenvalue weighted by Gasteiger charge is -2.22. The molecule has 7 N–H and O–H groups in total. The number of nitrogens with zero attached hydrogens (tertiary/aromatic N) is 1. The molecule has 0 aliphatic rings. The lowest BCUT2D eigenvalue weighted by atomic mass is 10.0. The monoisotopic (exact) mass is 604 g/mol. The minimum absolute atomic E-state index is 0.0600. The Labute approximate surface area is 244 Å². The first-order valence-electron chi connectivity index (χ1n) is 12.7. The molecule has 3 aromatic rings. The molecule has 0 fully saturated rings. The molecule has 12 nitrogen and oxygen atoms in total. The molecule has 15 heteroatoms. The first-order valence-corrected chi connectivity index (χ1v) is 12.7. The molecule has 1 unspecified atom stereocenters. The summed E-state index contributed by atoms with van der Waals surface area (Å²) in [5.41, 5.74) is 12.3. The number of halogens is 3. The van der Waals surface area contributed by atoms with E-state index in [1.807, 2.05) is 20.8 Å². The van der Waals surface area contributed by atoms with Crippen LogP contribution in [0.4, 0.5) is 18.9 Å². The fourth-order valence-corrected chi connectivity index (χ4v) is 3.29. The smallest absolute Gasteiger partial charge is 0.490 e. The Bertz CT molecular complexity index is 1400. The third-order valence-electron chi connectivity index (χ3n) is 5.17. The number of ether oxygens (including phenoxy) is 2. The van der Waals surface area contributed by atoms with Crippen molar-refractivity contribution in [3.05, 3.63) is 83.7 Å². The van der Waals surface area contributed by atoms with E-state index in [9.17, 15) is 22.8 Å². The predicted molar refractivity (Wildman–Crippen MR) is 151 cm³/mol. The van der Waals surface area contributed by atoms with E-state index >= 15 is 0 Å². The van der Waals surface area contributed by atoms with Crippen LogP contribution in [-0.4, -0.2) is 52.6 Å². The van der Waals surface area contributed by atoms with E-state index in [1.165, 1.54) is 12.3 Å².